The lowest BCUT2D eigenvalue weighted by Gasteiger charge is -2.44. The number of aliphatic hydroxyl groups is 1. The van der Waals surface area contributed by atoms with Crippen LogP contribution < -0.4 is 11.1 Å². The molecule has 2 aromatic rings. The molecule has 2 aliphatic heterocycles. The van der Waals surface area contributed by atoms with Gasteiger partial charge in [-0.3, -0.25) is 0 Å². The van der Waals surface area contributed by atoms with Crippen molar-refractivity contribution in [3.05, 3.63) is 45.0 Å². The number of halogens is 2. The molecule has 2 aromatic heterocycles. The zero-order valence-corrected chi connectivity index (χ0v) is 18.1. The summed E-state index contributed by atoms with van der Waals surface area (Å²) in [4.78, 5) is 8.95. The summed E-state index contributed by atoms with van der Waals surface area (Å²) >= 11 is 7.55. The fourth-order valence-corrected chi connectivity index (χ4v) is 6.91. The van der Waals surface area contributed by atoms with Crippen LogP contribution in [0.5, 0.6) is 0 Å². The van der Waals surface area contributed by atoms with E-state index >= 15 is 0 Å². The van der Waals surface area contributed by atoms with Crippen LogP contribution in [0.25, 0.3) is 0 Å². The van der Waals surface area contributed by atoms with Gasteiger partial charge in [-0.1, -0.05) is 17.7 Å². The van der Waals surface area contributed by atoms with Gasteiger partial charge in [0.05, 0.1) is 14.8 Å². The van der Waals surface area contributed by atoms with E-state index in [9.17, 15) is 17.9 Å². The van der Waals surface area contributed by atoms with E-state index in [1.165, 1.54) is 31.3 Å². The largest absolute Gasteiger partial charge is 0.369 e. The normalized spacial score (nSPS) is 26.6. The van der Waals surface area contributed by atoms with E-state index in [1.54, 1.807) is 0 Å². The summed E-state index contributed by atoms with van der Waals surface area (Å²) in [5.74, 6) is -0.723. The van der Waals surface area contributed by atoms with E-state index < -0.39 is 33.2 Å². The zero-order chi connectivity index (χ0) is 21.7. The van der Waals surface area contributed by atoms with Crippen LogP contribution in [-0.2, 0) is 20.3 Å². The molecular formula is C17H19ClFN5O4S2. The molecular weight excluding hydrogens is 457 g/mol. The highest BCUT2D eigenvalue weighted by Crippen LogP contribution is 2.50. The van der Waals surface area contributed by atoms with Gasteiger partial charge in [-0.05, 0) is 31.0 Å². The van der Waals surface area contributed by atoms with Gasteiger partial charge in [0.15, 0.2) is 6.23 Å². The quantitative estimate of drug-likeness (QED) is 0.455. The second-order valence-electron chi connectivity index (χ2n) is 6.93. The van der Waals surface area contributed by atoms with E-state index in [4.69, 9.17) is 22.1 Å². The van der Waals surface area contributed by atoms with Crippen molar-refractivity contribution < 1.29 is 22.7 Å². The molecule has 4 N–H and O–H groups in total. The molecule has 13 heteroatoms. The number of nitrogens with two attached hydrogens (primary N) is 1. The molecule has 0 amide bonds. The van der Waals surface area contributed by atoms with Crippen molar-refractivity contribution in [3.8, 4) is 0 Å². The molecule has 2 aliphatic rings. The fraction of sp³-hybridized carbons (Fsp3) is 0.412. The molecule has 0 spiro atoms. The summed E-state index contributed by atoms with van der Waals surface area (Å²) in [7, 11) is -2.61. The summed E-state index contributed by atoms with van der Waals surface area (Å²) in [5.41, 5.74) is 3.32. The first kappa shape index (κ1) is 21.2. The van der Waals surface area contributed by atoms with Gasteiger partial charge in [-0.15, -0.1) is 11.3 Å². The topological polar surface area (TPSA) is 130 Å². The molecule has 30 heavy (non-hydrogen) atoms. The molecule has 3 unspecified atom stereocenters. The highest BCUT2D eigenvalue weighted by molar-refractivity contribution is 7.90. The maximum atomic E-state index is 13.3. The standard InChI is InChI=1S/C17H19ClFN5O4S2/c1-24-16(20)23-17(6-3-7-28-15(17)30(24,26)27)13-9(18)8-10(29-13)14(25)22-12-5-2-4-11(19)21-12/h2,4-5,8,14-15,25H,3,6-7H2,1H3,(H2,20,23)(H,21,22). The Balaban J connectivity index is 1.74. The van der Waals surface area contributed by atoms with Crippen molar-refractivity contribution >= 4 is 44.7 Å². The number of hydrogen-bond donors (Lipinski definition) is 3. The SMILES string of the molecule is CN1C(N)=NC2(c3sc(C(O)Nc4cccc(F)n4)cc3Cl)CCCOC2S1(=O)=O. The lowest BCUT2D eigenvalue weighted by atomic mass is 9.91. The number of hydrogen-bond acceptors (Lipinski definition) is 9. The van der Waals surface area contributed by atoms with Crippen LogP contribution in [0.4, 0.5) is 10.2 Å². The van der Waals surface area contributed by atoms with Crippen molar-refractivity contribution in [3.63, 3.8) is 0 Å². The van der Waals surface area contributed by atoms with Crippen LogP contribution in [0.1, 0.15) is 28.8 Å². The average molecular weight is 476 g/mol. The zero-order valence-electron chi connectivity index (χ0n) is 15.7. The van der Waals surface area contributed by atoms with Crippen molar-refractivity contribution in [2.75, 3.05) is 19.0 Å². The van der Waals surface area contributed by atoms with E-state index in [2.05, 4.69) is 15.3 Å². The van der Waals surface area contributed by atoms with Crippen LogP contribution in [0, 0.1) is 5.95 Å². The number of anilines is 1. The predicted molar refractivity (Wildman–Crippen MR) is 111 cm³/mol. The molecule has 0 radical (unpaired) electrons. The first-order valence-electron chi connectivity index (χ1n) is 8.97. The summed E-state index contributed by atoms with van der Waals surface area (Å²) < 4.78 is 45.8. The maximum absolute atomic E-state index is 13.3. The number of ether oxygens (including phenoxy) is 1. The number of aromatic nitrogens is 1. The number of sulfonamides is 1. The molecule has 0 aliphatic carbocycles. The van der Waals surface area contributed by atoms with Crippen LogP contribution in [0.15, 0.2) is 29.3 Å². The number of nitrogens with one attached hydrogen (secondary N) is 1. The van der Waals surface area contributed by atoms with Crippen molar-refractivity contribution in [2.45, 2.75) is 30.0 Å². The number of guanidine groups is 1. The highest BCUT2D eigenvalue weighted by Gasteiger charge is 2.57. The molecule has 1 saturated heterocycles. The number of thiophene rings is 1. The molecule has 162 valence electrons. The number of aliphatic hydroxyl groups excluding tert-OH is 1. The molecule has 1 fully saturated rings. The Morgan fingerprint density at radius 1 is 1.53 bits per heavy atom. The predicted octanol–water partition coefficient (Wildman–Crippen LogP) is 1.96. The smallest absolute Gasteiger partial charge is 0.267 e. The molecule has 4 heterocycles. The van der Waals surface area contributed by atoms with Crippen molar-refractivity contribution in [1.82, 2.24) is 9.29 Å². The maximum Gasteiger partial charge on any atom is 0.267 e. The lowest BCUT2D eigenvalue weighted by molar-refractivity contribution is 0.00333. The monoisotopic (exact) mass is 475 g/mol. The van der Waals surface area contributed by atoms with Gasteiger partial charge in [0.25, 0.3) is 10.0 Å². The fourth-order valence-electron chi connectivity index (χ4n) is 3.57. The van der Waals surface area contributed by atoms with E-state index in [1.807, 2.05) is 0 Å². The van der Waals surface area contributed by atoms with E-state index in [-0.39, 0.29) is 23.4 Å². The van der Waals surface area contributed by atoms with Crippen LogP contribution >= 0.6 is 22.9 Å². The Bertz CT molecular complexity index is 1110. The molecule has 0 bridgehead atoms. The first-order chi connectivity index (χ1) is 14.1. The first-order valence-corrected chi connectivity index (χ1v) is 11.7. The minimum atomic E-state index is -3.93. The average Bonchev–Trinajstić information content (AvgIpc) is 3.09. The van der Waals surface area contributed by atoms with Gasteiger partial charge in [-0.2, -0.15) is 4.39 Å². The Hall–Kier alpha value is -1.99. The summed E-state index contributed by atoms with van der Waals surface area (Å²) in [6.07, 6.45) is -0.330. The van der Waals surface area contributed by atoms with Crippen LogP contribution in [0.3, 0.4) is 0 Å². The number of rotatable bonds is 4. The Kier molecular flexibility index (Phi) is 5.39. The van der Waals surface area contributed by atoms with Gasteiger partial charge in [0.1, 0.15) is 11.4 Å². The summed E-state index contributed by atoms with van der Waals surface area (Å²) in [5, 5.41) is 13.5. The third-order valence-electron chi connectivity index (χ3n) is 5.02. The third kappa shape index (κ3) is 3.42. The van der Waals surface area contributed by atoms with Gasteiger partial charge in [0.2, 0.25) is 17.3 Å². The van der Waals surface area contributed by atoms with E-state index in [0.29, 0.717) is 22.6 Å². The summed E-state index contributed by atoms with van der Waals surface area (Å²) in [6.45, 7) is 0.264. The number of aliphatic imine (C=N–C) groups is 1. The van der Waals surface area contributed by atoms with Gasteiger partial charge in [-0.25, -0.2) is 22.7 Å². The van der Waals surface area contributed by atoms with Gasteiger partial charge >= 0.3 is 0 Å². The second-order valence-corrected chi connectivity index (χ2v) is 10.4. The van der Waals surface area contributed by atoms with E-state index in [0.717, 1.165) is 15.6 Å². The van der Waals surface area contributed by atoms with Gasteiger partial charge in [0, 0.05) is 13.7 Å². The second kappa shape index (κ2) is 7.61. The molecule has 4 rings (SSSR count). The highest BCUT2D eigenvalue weighted by atomic mass is 35.5. The Labute approximate surface area is 181 Å². The molecule has 3 atom stereocenters. The van der Waals surface area contributed by atoms with Crippen molar-refractivity contribution in [2.24, 2.45) is 10.7 Å². The number of nitrogens with zero attached hydrogens (tertiary/aromatic N) is 3. The Morgan fingerprint density at radius 3 is 3.03 bits per heavy atom. The van der Waals surface area contributed by atoms with Crippen LogP contribution in [-0.4, -0.2) is 47.9 Å². The third-order valence-corrected chi connectivity index (χ3v) is 8.80. The Morgan fingerprint density at radius 2 is 2.30 bits per heavy atom. The summed E-state index contributed by atoms with van der Waals surface area (Å²) in [6, 6.07) is 5.65. The van der Waals surface area contributed by atoms with Gasteiger partial charge < -0.3 is 20.9 Å². The number of fused-ring (bicyclic) bond motifs is 1. The minimum absolute atomic E-state index is 0.134. The molecule has 9 nitrogen and oxygen atoms in total. The molecule has 0 aromatic carbocycles. The number of pyridine rings is 1. The molecule has 0 saturated carbocycles. The minimum Gasteiger partial charge on any atom is -0.369 e. The van der Waals surface area contributed by atoms with Crippen molar-refractivity contribution in [1.29, 1.82) is 0 Å². The van der Waals surface area contributed by atoms with Crippen LogP contribution in [0.2, 0.25) is 5.02 Å². The lowest BCUT2D eigenvalue weighted by Crippen LogP contribution is -2.59.